The van der Waals surface area contributed by atoms with E-state index in [0.29, 0.717) is 0 Å². The second kappa shape index (κ2) is 7.53. The third-order valence-corrected chi connectivity index (χ3v) is 5.34. The van der Waals surface area contributed by atoms with E-state index < -0.39 is 0 Å². The molecule has 1 nitrogen and oxygen atoms in total. The maximum Gasteiger partial charge on any atom is 0.00925 e. The summed E-state index contributed by atoms with van der Waals surface area (Å²) in [4.78, 5) is 0. The molecule has 0 bridgehead atoms. The van der Waals surface area contributed by atoms with Crippen LogP contribution in [0.1, 0.15) is 77.6 Å². The van der Waals surface area contributed by atoms with Crippen molar-refractivity contribution in [3.8, 4) is 0 Å². The number of nitrogens with one attached hydrogen (secondary N) is 1. The second-order valence-electron chi connectivity index (χ2n) is 6.79. The van der Waals surface area contributed by atoms with Gasteiger partial charge in [-0.25, -0.2) is 0 Å². The lowest BCUT2D eigenvalue weighted by Gasteiger charge is -2.24. The fraction of sp³-hybridized carbons (Fsp3) is 1.00. The standard InChI is InChI=1S/C17H33N/c1-3-4-5-6-7-8-9-10-17(18-2)16-12-14-11-15(14)13-16/h14-18H,3-13H2,1-2H3. The molecule has 18 heavy (non-hydrogen) atoms. The zero-order valence-electron chi connectivity index (χ0n) is 12.6. The summed E-state index contributed by atoms with van der Waals surface area (Å²) in [5.74, 6) is 3.29. The molecule has 2 aliphatic rings. The van der Waals surface area contributed by atoms with Crippen LogP contribution < -0.4 is 5.32 Å². The zero-order valence-corrected chi connectivity index (χ0v) is 12.6. The van der Waals surface area contributed by atoms with Crippen LogP contribution in [0.5, 0.6) is 0 Å². The topological polar surface area (TPSA) is 12.0 Å². The quantitative estimate of drug-likeness (QED) is 0.552. The first kappa shape index (κ1) is 14.4. The van der Waals surface area contributed by atoms with E-state index in [1.807, 2.05) is 0 Å². The number of fused-ring (bicyclic) bond motifs is 1. The Labute approximate surface area is 114 Å². The molecule has 3 unspecified atom stereocenters. The van der Waals surface area contributed by atoms with Crippen LogP contribution in [0, 0.1) is 17.8 Å². The monoisotopic (exact) mass is 251 g/mol. The fourth-order valence-electron chi connectivity index (χ4n) is 4.03. The molecule has 106 valence electrons. The molecule has 0 saturated heterocycles. The highest BCUT2D eigenvalue weighted by Gasteiger charge is 2.47. The van der Waals surface area contributed by atoms with Crippen molar-refractivity contribution in [2.45, 2.75) is 83.6 Å². The summed E-state index contributed by atoms with van der Waals surface area (Å²) < 4.78 is 0. The molecule has 2 fully saturated rings. The summed E-state index contributed by atoms with van der Waals surface area (Å²) in [5.41, 5.74) is 0. The van der Waals surface area contributed by atoms with Gasteiger partial charge in [-0.15, -0.1) is 0 Å². The maximum atomic E-state index is 3.60. The molecule has 0 heterocycles. The number of unbranched alkanes of at least 4 members (excludes halogenated alkanes) is 6. The predicted molar refractivity (Wildman–Crippen MR) is 79.8 cm³/mol. The average Bonchev–Trinajstić information content (AvgIpc) is 3.00. The molecular formula is C17H33N. The molecule has 0 aromatic heterocycles. The van der Waals surface area contributed by atoms with E-state index in [4.69, 9.17) is 0 Å². The van der Waals surface area contributed by atoms with Gasteiger partial charge in [-0.1, -0.05) is 51.9 Å². The molecule has 2 saturated carbocycles. The van der Waals surface area contributed by atoms with E-state index in [1.165, 1.54) is 64.2 Å². The third kappa shape index (κ3) is 4.26. The van der Waals surface area contributed by atoms with Gasteiger partial charge in [0.1, 0.15) is 0 Å². The van der Waals surface area contributed by atoms with Crippen LogP contribution in [0.15, 0.2) is 0 Å². The fourth-order valence-corrected chi connectivity index (χ4v) is 4.03. The molecule has 0 aromatic rings. The molecule has 2 aliphatic carbocycles. The van der Waals surface area contributed by atoms with Crippen molar-refractivity contribution in [3.05, 3.63) is 0 Å². The van der Waals surface area contributed by atoms with Crippen LogP contribution in [0.4, 0.5) is 0 Å². The van der Waals surface area contributed by atoms with Gasteiger partial charge in [0.25, 0.3) is 0 Å². The molecule has 3 atom stereocenters. The second-order valence-corrected chi connectivity index (χ2v) is 6.79. The lowest BCUT2D eigenvalue weighted by atomic mass is 9.90. The minimum atomic E-state index is 0.827. The van der Waals surface area contributed by atoms with Gasteiger partial charge >= 0.3 is 0 Å². The van der Waals surface area contributed by atoms with Gasteiger partial charge in [0.15, 0.2) is 0 Å². The zero-order chi connectivity index (χ0) is 12.8. The van der Waals surface area contributed by atoms with Crippen LogP contribution in [0.25, 0.3) is 0 Å². The lowest BCUT2D eigenvalue weighted by Crippen LogP contribution is -2.32. The summed E-state index contributed by atoms with van der Waals surface area (Å²) in [7, 11) is 2.18. The minimum absolute atomic E-state index is 0.827. The van der Waals surface area contributed by atoms with Gasteiger partial charge < -0.3 is 5.32 Å². The van der Waals surface area contributed by atoms with Gasteiger partial charge in [-0.2, -0.15) is 0 Å². The number of rotatable bonds is 10. The van der Waals surface area contributed by atoms with Gasteiger partial charge in [-0.3, -0.25) is 0 Å². The molecule has 2 rings (SSSR count). The highest BCUT2D eigenvalue weighted by molar-refractivity contribution is 4.98. The molecule has 1 heteroatoms. The Morgan fingerprint density at radius 2 is 1.50 bits per heavy atom. The first-order valence-electron chi connectivity index (χ1n) is 8.52. The normalized spacial score (nSPS) is 31.3. The third-order valence-electron chi connectivity index (χ3n) is 5.34. The van der Waals surface area contributed by atoms with Crippen molar-refractivity contribution in [1.82, 2.24) is 5.32 Å². The summed E-state index contributed by atoms with van der Waals surface area (Å²) in [5, 5.41) is 3.60. The summed E-state index contributed by atoms with van der Waals surface area (Å²) >= 11 is 0. The Balaban J connectivity index is 1.49. The average molecular weight is 251 g/mol. The molecule has 1 N–H and O–H groups in total. The highest BCUT2D eigenvalue weighted by atomic mass is 14.9. The van der Waals surface area contributed by atoms with E-state index in [2.05, 4.69) is 19.3 Å². The van der Waals surface area contributed by atoms with Crippen molar-refractivity contribution in [2.75, 3.05) is 7.05 Å². The van der Waals surface area contributed by atoms with E-state index >= 15 is 0 Å². The van der Waals surface area contributed by atoms with E-state index in [0.717, 1.165) is 23.8 Å². The first-order valence-corrected chi connectivity index (χ1v) is 8.52. The van der Waals surface area contributed by atoms with Gasteiger partial charge in [0.05, 0.1) is 0 Å². The van der Waals surface area contributed by atoms with Crippen LogP contribution in [-0.2, 0) is 0 Å². The van der Waals surface area contributed by atoms with Gasteiger partial charge in [0.2, 0.25) is 0 Å². The summed E-state index contributed by atoms with van der Waals surface area (Å²) in [6, 6.07) is 0.827. The predicted octanol–water partition coefficient (Wildman–Crippen LogP) is 4.76. The van der Waals surface area contributed by atoms with Crippen LogP contribution in [0.3, 0.4) is 0 Å². The van der Waals surface area contributed by atoms with Crippen molar-refractivity contribution in [2.24, 2.45) is 17.8 Å². The molecule has 0 amide bonds. The Morgan fingerprint density at radius 1 is 0.889 bits per heavy atom. The Morgan fingerprint density at radius 3 is 2.11 bits per heavy atom. The number of hydrogen-bond acceptors (Lipinski definition) is 1. The van der Waals surface area contributed by atoms with Gasteiger partial charge in [0, 0.05) is 6.04 Å². The summed E-state index contributed by atoms with van der Waals surface area (Å²) in [6.45, 7) is 2.30. The number of hydrogen-bond donors (Lipinski definition) is 1. The van der Waals surface area contributed by atoms with Crippen molar-refractivity contribution >= 4 is 0 Å². The highest BCUT2D eigenvalue weighted by Crippen LogP contribution is 2.55. The van der Waals surface area contributed by atoms with Crippen molar-refractivity contribution in [3.63, 3.8) is 0 Å². The first-order chi connectivity index (χ1) is 8.85. The van der Waals surface area contributed by atoms with Crippen LogP contribution in [0.2, 0.25) is 0 Å². The van der Waals surface area contributed by atoms with Crippen LogP contribution in [-0.4, -0.2) is 13.1 Å². The Hall–Kier alpha value is -0.0400. The van der Waals surface area contributed by atoms with Crippen LogP contribution >= 0.6 is 0 Å². The Bertz CT molecular complexity index is 216. The summed E-state index contributed by atoms with van der Waals surface area (Å²) in [6.07, 6.45) is 16.1. The van der Waals surface area contributed by atoms with E-state index in [9.17, 15) is 0 Å². The smallest absolute Gasteiger partial charge is 0.00925 e. The molecule has 0 aliphatic heterocycles. The SMILES string of the molecule is CCCCCCCCCC(NC)C1CC2CC2C1. The molecule has 0 radical (unpaired) electrons. The van der Waals surface area contributed by atoms with E-state index in [-0.39, 0.29) is 0 Å². The minimum Gasteiger partial charge on any atom is -0.317 e. The molecule has 0 aromatic carbocycles. The Kier molecular flexibility index (Phi) is 6.01. The van der Waals surface area contributed by atoms with Gasteiger partial charge in [-0.05, 0) is 50.5 Å². The van der Waals surface area contributed by atoms with Crippen molar-refractivity contribution in [1.29, 1.82) is 0 Å². The molecular weight excluding hydrogens is 218 g/mol. The largest absolute Gasteiger partial charge is 0.317 e. The molecule has 0 spiro atoms. The van der Waals surface area contributed by atoms with Crippen molar-refractivity contribution < 1.29 is 0 Å². The van der Waals surface area contributed by atoms with E-state index in [1.54, 1.807) is 6.42 Å². The lowest BCUT2D eigenvalue weighted by molar-refractivity contribution is 0.325. The maximum absolute atomic E-state index is 3.60.